The average Bonchev–Trinajstić information content (AvgIpc) is 3.28. The second kappa shape index (κ2) is 6.85. The van der Waals surface area contributed by atoms with E-state index in [1.54, 1.807) is 0 Å². The van der Waals surface area contributed by atoms with Gasteiger partial charge in [-0.25, -0.2) is 0 Å². The van der Waals surface area contributed by atoms with Crippen LogP contribution in [0.3, 0.4) is 0 Å². The number of rotatable bonds is 5. The second-order valence-corrected chi connectivity index (χ2v) is 13.5. The van der Waals surface area contributed by atoms with Crippen LogP contribution in [0, 0.1) is 51.2 Å². The molecule has 0 radical (unpaired) electrons. The molecule has 1 N–H and O–H groups in total. The van der Waals surface area contributed by atoms with E-state index in [0.29, 0.717) is 27.6 Å². The van der Waals surface area contributed by atoms with Crippen LogP contribution in [-0.4, -0.2) is 11.2 Å². The fraction of sp³-hybridized carbons (Fsp3) is 0.931. The molecular weight excluding hydrogens is 364 g/mol. The van der Waals surface area contributed by atoms with Gasteiger partial charge in [0.2, 0.25) is 0 Å². The Kier molecular flexibility index (Phi) is 4.92. The Morgan fingerprint density at radius 3 is 2.43 bits per heavy atom. The van der Waals surface area contributed by atoms with Crippen molar-refractivity contribution >= 4 is 0 Å². The van der Waals surface area contributed by atoms with Crippen molar-refractivity contribution in [1.29, 1.82) is 0 Å². The third-order valence-electron chi connectivity index (χ3n) is 12.8. The maximum Gasteiger partial charge on any atom is 0.0543 e. The van der Waals surface area contributed by atoms with Crippen LogP contribution in [-0.2, 0) is 0 Å². The zero-order valence-corrected chi connectivity index (χ0v) is 20.6. The van der Waals surface area contributed by atoms with Crippen LogP contribution in [0.2, 0.25) is 0 Å². The van der Waals surface area contributed by atoms with E-state index in [1.165, 1.54) is 69.8 Å². The molecule has 5 saturated carbocycles. The van der Waals surface area contributed by atoms with E-state index in [2.05, 4.69) is 41.2 Å². The molecule has 2 spiro atoms. The van der Waals surface area contributed by atoms with Gasteiger partial charge in [0, 0.05) is 0 Å². The summed E-state index contributed by atoms with van der Waals surface area (Å²) in [6.07, 6.45) is 16.5. The molecule has 10 atom stereocenters. The maximum atomic E-state index is 10.3. The Bertz CT molecular complexity index is 711. The average molecular weight is 413 g/mol. The van der Waals surface area contributed by atoms with Crippen molar-refractivity contribution in [3.05, 3.63) is 12.2 Å². The summed E-state index contributed by atoms with van der Waals surface area (Å²) in [6, 6.07) is 0. The van der Waals surface area contributed by atoms with Crippen LogP contribution >= 0.6 is 0 Å². The minimum atomic E-state index is -0.00225. The lowest BCUT2D eigenvalue weighted by Gasteiger charge is -2.61. The number of aliphatic hydroxyl groups is 1. The SMILES string of the molecule is C=C(C)[C@H](C)CC[C@@H](C)[C@@H]1CC[C@@]2(C)C3CC[C@H]4C[C@@H](O)CC[C@@]45C[C@@]35CC[C@]12C. The van der Waals surface area contributed by atoms with E-state index in [9.17, 15) is 5.11 Å². The van der Waals surface area contributed by atoms with E-state index in [1.807, 2.05) is 0 Å². The Hall–Kier alpha value is -0.300. The highest BCUT2D eigenvalue weighted by Gasteiger charge is 2.80. The number of allylic oxidation sites excluding steroid dienone is 1. The quantitative estimate of drug-likeness (QED) is 0.457. The monoisotopic (exact) mass is 412 g/mol. The van der Waals surface area contributed by atoms with E-state index < -0.39 is 0 Å². The minimum Gasteiger partial charge on any atom is -0.393 e. The molecule has 0 aromatic carbocycles. The molecule has 5 aliphatic rings. The van der Waals surface area contributed by atoms with Crippen LogP contribution in [0.1, 0.15) is 112 Å². The summed E-state index contributed by atoms with van der Waals surface area (Å²) < 4.78 is 0. The van der Waals surface area contributed by atoms with Crippen molar-refractivity contribution in [2.75, 3.05) is 0 Å². The predicted octanol–water partition coefficient (Wildman–Crippen LogP) is 7.78. The Morgan fingerprint density at radius 1 is 0.933 bits per heavy atom. The lowest BCUT2D eigenvalue weighted by Crippen LogP contribution is -2.55. The first-order chi connectivity index (χ1) is 14.1. The van der Waals surface area contributed by atoms with Crippen molar-refractivity contribution in [2.24, 2.45) is 51.2 Å². The molecule has 1 nitrogen and oxygen atoms in total. The molecule has 5 aliphatic carbocycles. The smallest absolute Gasteiger partial charge is 0.0543 e. The van der Waals surface area contributed by atoms with Crippen LogP contribution < -0.4 is 0 Å². The zero-order chi connectivity index (χ0) is 21.5. The normalized spacial score (nSPS) is 53.7. The van der Waals surface area contributed by atoms with Crippen molar-refractivity contribution in [2.45, 2.75) is 118 Å². The van der Waals surface area contributed by atoms with Crippen LogP contribution in [0.4, 0.5) is 0 Å². The Balaban J connectivity index is 1.36. The molecule has 5 fully saturated rings. The van der Waals surface area contributed by atoms with Gasteiger partial charge >= 0.3 is 0 Å². The highest BCUT2D eigenvalue weighted by Crippen LogP contribution is 2.87. The van der Waals surface area contributed by atoms with Gasteiger partial charge in [-0.3, -0.25) is 0 Å². The molecule has 0 heterocycles. The van der Waals surface area contributed by atoms with Crippen LogP contribution in [0.15, 0.2) is 12.2 Å². The van der Waals surface area contributed by atoms with Crippen molar-refractivity contribution in [3.63, 3.8) is 0 Å². The van der Waals surface area contributed by atoms with Gasteiger partial charge in [0.05, 0.1) is 6.10 Å². The minimum absolute atomic E-state index is 0.00225. The van der Waals surface area contributed by atoms with Gasteiger partial charge in [-0.05, 0) is 135 Å². The number of aliphatic hydroxyl groups excluding tert-OH is 1. The fourth-order valence-corrected chi connectivity index (χ4v) is 10.5. The van der Waals surface area contributed by atoms with E-state index >= 15 is 0 Å². The summed E-state index contributed by atoms with van der Waals surface area (Å²) in [4.78, 5) is 0. The first-order valence-corrected chi connectivity index (χ1v) is 13.4. The molecule has 170 valence electrons. The highest BCUT2D eigenvalue weighted by atomic mass is 16.3. The summed E-state index contributed by atoms with van der Waals surface area (Å²) in [5.74, 6) is 4.23. The van der Waals surface area contributed by atoms with E-state index in [0.717, 1.165) is 36.5 Å². The van der Waals surface area contributed by atoms with E-state index in [4.69, 9.17) is 0 Å². The van der Waals surface area contributed by atoms with Gasteiger partial charge in [-0.2, -0.15) is 0 Å². The van der Waals surface area contributed by atoms with Gasteiger partial charge in [-0.15, -0.1) is 0 Å². The highest BCUT2D eigenvalue weighted by molar-refractivity contribution is 5.29. The van der Waals surface area contributed by atoms with E-state index in [-0.39, 0.29) is 6.10 Å². The van der Waals surface area contributed by atoms with Gasteiger partial charge in [0.15, 0.2) is 0 Å². The standard InChI is InChI=1S/C29H48O/c1-19(2)20(3)7-8-21(4)24-12-13-27(6)25-10-9-22-17-23(30)11-14-28(22)18-29(25,28)16-15-26(24,27)5/h20-25,30H,1,7-18H2,2-6H3/t20-,21-,22+,23+,24+,25?,26-,27+,28-,29+/m1/s1. The van der Waals surface area contributed by atoms with Crippen LogP contribution in [0.25, 0.3) is 0 Å². The number of fused-ring (bicyclic) bond motifs is 2. The third-order valence-corrected chi connectivity index (χ3v) is 12.8. The lowest BCUT2D eigenvalue weighted by atomic mass is 9.43. The summed E-state index contributed by atoms with van der Waals surface area (Å²) in [5.41, 5.74) is 3.75. The first-order valence-electron chi connectivity index (χ1n) is 13.4. The fourth-order valence-electron chi connectivity index (χ4n) is 10.5. The predicted molar refractivity (Wildman–Crippen MR) is 126 cm³/mol. The molecular formula is C29H48O. The van der Waals surface area contributed by atoms with Crippen LogP contribution in [0.5, 0.6) is 0 Å². The first kappa shape index (κ1) is 21.5. The molecule has 30 heavy (non-hydrogen) atoms. The molecule has 0 aromatic rings. The third kappa shape index (κ3) is 2.63. The summed E-state index contributed by atoms with van der Waals surface area (Å²) in [6.45, 7) is 16.8. The molecule has 0 amide bonds. The zero-order valence-electron chi connectivity index (χ0n) is 20.6. The topological polar surface area (TPSA) is 20.2 Å². The molecule has 5 rings (SSSR count). The summed E-state index contributed by atoms with van der Waals surface area (Å²) in [5, 5.41) is 10.3. The number of hydrogen-bond acceptors (Lipinski definition) is 1. The van der Waals surface area contributed by atoms with Gasteiger partial charge in [-0.1, -0.05) is 39.8 Å². The van der Waals surface area contributed by atoms with Gasteiger partial charge in [0.25, 0.3) is 0 Å². The summed E-state index contributed by atoms with van der Waals surface area (Å²) in [7, 11) is 0. The molecule has 0 aromatic heterocycles. The maximum absolute atomic E-state index is 10.3. The molecule has 0 aliphatic heterocycles. The second-order valence-electron chi connectivity index (χ2n) is 13.5. The van der Waals surface area contributed by atoms with Crippen molar-refractivity contribution in [3.8, 4) is 0 Å². The summed E-state index contributed by atoms with van der Waals surface area (Å²) >= 11 is 0. The number of hydrogen-bond donors (Lipinski definition) is 1. The Morgan fingerprint density at radius 2 is 1.70 bits per heavy atom. The largest absolute Gasteiger partial charge is 0.393 e. The van der Waals surface area contributed by atoms with Crippen molar-refractivity contribution < 1.29 is 5.11 Å². The Labute approximate surface area is 186 Å². The van der Waals surface area contributed by atoms with Gasteiger partial charge < -0.3 is 5.11 Å². The molecule has 0 saturated heterocycles. The molecule has 0 bridgehead atoms. The molecule has 1 heteroatoms. The van der Waals surface area contributed by atoms with Crippen molar-refractivity contribution in [1.82, 2.24) is 0 Å². The molecule has 1 unspecified atom stereocenters. The van der Waals surface area contributed by atoms with Gasteiger partial charge in [0.1, 0.15) is 0 Å². The lowest BCUT2D eigenvalue weighted by molar-refractivity contribution is -0.133.